The number of ether oxygens (including phenoxy) is 2. The minimum atomic E-state index is -0.0990. The molecule has 0 bridgehead atoms. The molecule has 0 radical (unpaired) electrons. The maximum absolute atomic E-state index is 5.34. The van der Waals surface area contributed by atoms with E-state index >= 15 is 0 Å². The van der Waals surface area contributed by atoms with E-state index in [-0.39, 0.29) is 5.96 Å². The molecule has 0 saturated heterocycles. The van der Waals surface area contributed by atoms with Gasteiger partial charge in [0, 0.05) is 5.56 Å². The first-order chi connectivity index (χ1) is 9.65. The number of methoxy groups -OCH3 is 2. The second-order valence-electron chi connectivity index (χ2n) is 4.04. The zero-order valence-corrected chi connectivity index (χ0v) is 11.3. The van der Waals surface area contributed by atoms with Crippen molar-refractivity contribution in [2.24, 2.45) is 21.7 Å². The minimum absolute atomic E-state index is 0.0990. The predicted molar refractivity (Wildman–Crippen MR) is 80.5 cm³/mol. The normalized spacial score (nSPS) is 10.7. The number of hydrogen-bond acceptors (Lipinski definition) is 4. The second-order valence-corrected chi connectivity index (χ2v) is 4.04. The first-order valence-electron chi connectivity index (χ1n) is 5.92. The summed E-state index contributed by atoms with van der Waals surface area (Å²) in [6, 6.07) is 9.60. The summed E-state index contributed by atoms with van der Waals surface area (Å²) in [5.41, 5.74) is 11.3. The Kier molecular flexibility index (Phi) is 4.05. The Morgan fingerprint density at radius 1 is 1.10 bits per heavy atom. The molecule has 2 aromatic carbocycles. The van der Waals surface area contributed by atoms with Gasteiger partial charge in [-0.15, -0.1) is 5.10 Å². The van der Waals surface area contributed by atoms with Gasteiger partial charge in [0.1, 0.15) is 11.5 Å². The molecule has 0 aliphatic rings. The van der Waals surface area contributed by atoms with E-state index in [2.05, 4.69) is 10.2 Å². The van der Waals surface area contributed by atoms with Crippen LogP contribution in [0.4, 0.5) is 0 Å². The highest BCUT2D eigenvalue weighted by atomic mass is 16.5. The van der Waals surface area contributed by atoms with E-state index in [0.717, 1.165) is 22.1 Å². The van der Waals surface area contributed by atoms with Crippen LogP contribution in [0.15, 0.2) is 40.5 Å². The van der Waals surface area contributed by atoms with Crippen molar-refractivity contribution in [3.8, 4) is 11.5 Å². The summed E-state index contributed by atoms with van der Waals surface area (Å²) in [6.45, 7) is 0. The van der Waals surface area contributed by atoms with Crippen LogP contribution in [0.5, 0.6) is 11.5 Å². The molecule has 0 heterocycles. The van der Waals surface area contributed by atoms with E-state index in [9.17, 15) is 0 Å². The van der Waals surface area contributed by atoms with Crippen molar-refractivity contribution in [2.75, 3.05) is 14.2 Å². The van der Waals surface area contributed by atoms with Gasteiger partial charge in [0.05, 0.1) is 20.4 Å². The van der Waals surface area contributed by atoms with Crippen LogP contribution in [-0.2, 0) is 0 Å². The molecule has 0 amide bonds. The van der Waals surface area contributed by atoms with Gasteiger partial charge in [0.15, 0.2) is 0 Å². The molecule has 0 aliphatic carbocycles. The molecule has 4 N–H and O–H groups in total. The fraction of sp³-hybridized carbons (Fsp3) is 0.143. The topological polar surface area (TPSA) is 95.2 Å². The summed E-state index contributed by atoms with van der Waals surface area (Å²) in [5, 5.41) is 9.43. The predicted octanol–water partition coefficient (Wildman–Crippen LogP) is 1.46. The smallest absolute Gasteiger partial charge is 0.211 e. The number of hydrogen-bond donors (Lipinski definition) is 2. The van der Waals surface area contributed by atoms with Crippen LogP contribution in [0.25, 0.3) is 10.8 Å². The van der Waals surface area contributed by atoms with E-state index in [0.29, 0.717) is 5.75 Å². The summed E-state index contributed by atoms with van der Waals surface area (Å²) < 4.78 is 10.6. The number of rotatable bonds is 4. The third-order valence-corrected chi connectivity index (χ3v) is 2.81. The fourth-order valence-corrected chi connectivity index (χ4v) is 1.89. The third kappa shape index (κ3) is 2.80. The molecule has 104 valence electrons. The van der Waals surface area contributed by atoms with Gasteiger partial charge in [0.2, 0.25) is 5.96 Å². The monoisotopic (exact) mass is 272 g/mol. The van der Waals surface area contributed by atoms with Crippen LogP contribution < -0.4 is 20.9 Å². The molecule has 0 fully saturated rings. The van der Waals surface area contributed by atoms with Crippen LogP contribution in [0.1, 0.15) is 5.56 Å². The van der Waals surface area contributed by atoms with E-state index < -0.39 is 0 Å². The van der Waals surface area contributed by atoms with Crippen molar-refractivity contribution in [1.29, 1.82) is 0 Å². The van der Waals surface area contributed by atoms with Crippen molar-refractivity contribution < 1.29 is 9.47 Å². The molecule has 6 nitrogen and oxygen atoms in total. The van der Waals surface area contributed by atoms with E-state index in [1.165, 1.54) is 0 Å². The molecule has 0 spiro atoms. The number of nitrogens with two attached hydrogens (primary N) is 2. The summed E-state index contributed by atoms with van der Waals surface area (Å²) in [7, 11) is 3.22. The molecule has 2 aromatic rings. The van der Waals surface area contributed by atoms with Crippen molar-refractivity contribution >= 4 is 22.9 Å². The molecule has 0 aromatic heterocycles. The molecule has 20 heavy (non-hydrogen) atoms. The first kappa shape index (κ1) is 13.7. The first-order valence-corrected chi connectivity index (χ1v) is 5.92. The van der Waals surface area contributed by atoms with Crippen molar-refractivity contribution in [1.82, 2.24) is 0 Å². The Morgan fingerprint density at radius 2 is 1.85 bits per heavy atom. The molecular formula is C14H16N4O2. The maximum Gasteiger partial charge on any atom is 0.211 e. The highest BCUT2D eigenvalue weighted by molar-refractivity contribution is 6.03. The van der Waals surface area contributed by atoms with Gasteiger partial charge < -0.3 is 20.9 Å². The average Bonchev–Trinajstić information content (AvgIpc) is 2.46. The quantitative estimate of drug-likeness (QED) is 0.500. The van der Waals surface area contributed by atoms with Crippen LogP contribution in [0.2, 0.25) is 0 Å². The van der Waals surface area contributed by atoms with Crippen LogP contribution >= 0.6 is 0 Å². The summed E-state index contributed by atoms with van der Waals surface area (Å²) >= 11 is 0. The molecule has 0 aliphatic heterocycles. The summed E-state index contributed by atoms with van der Waals surface area (Å²) in [4.78, 5) is 0. The highest BCUT2D eigenvalue weighted by Gasteiger charge is 2.07. The van der Waals surface area contributed by atoms with Crippen molar-refractivity contribution in [3.05, 3.63) is 35.9 Å². The van der Waals surface area contributed by atoms with Gasteiger partial charge >= 0.3 is 0 Å². The lowest BCUT2D eigenvalue weighted by molar-refractivity contribution is 0.413. The van der Waals surface area contributed by atoms with Gasteiger partial charge in [-0.25, -0.2) is 0 Å². The molecule has 6 heteroatoms. The fourth-order valence-electron chi connectivity index (χ4n) is 1.89. The molecular weight excluding hydrogens is 256 g/mol. The molecule has 2 rings (SSSR count). The van der Waals surface area contributed by atoms with Crippen LogP contribution in [0, 0.1) is 0 Å². The van der Waals surface area contributed by atoms with Crippen LogP contribution in [-0.4, -0.2) is 26.4 Å². The van der Waals surface area contributed by atoms with Gasteiger partial charge in [-0.1, -0.05) is 12.1 Å². The SMILES string of the molecule is COc1ccc2ccc(OC)c(C=NN=C(N)N)c2c1. The summed E-state index contributed by atoms with van der Waals surface area (Å²) in [6.07, 6.45) is 1.56. The lowest BCUT2D eigenvalue weighted by atomic mass is 10.0. The van der Waals surface area contributed by atoms with Gasteiger partial charge in [-0.3, -0.25) is 0 Å². The van der Waals surface area contributed by atoms with Gasteiger partial charge in [0.25, 0.3) is 0 Å². The lowest BCUT2D eigenvalue weighted by Crippen LogP contribution is -2.21. The highest BCUT2D eigenvalue weighted by Crippen LogP contribution is 2.29. The second kappa shape index (κ2) is 5.92. The molecule has 0 unspecified atom stereocenters. The Labute approximate surface area is 116 Å². The zero-order valence-electron chi connectivity index (χ0n) is 11.3. The summed E-state index contributed by atoms with van der Waals surface area (Å²) in [5.74, 6) is 1.33. The van der Waals surface area contributed by atoms with E-state index in [4.69, 9.17) is 20.9 Å². The standard InChI is InChI=1S/C14H16N4O2/c1-19-10-5-3-9-4-6-13(20-2)12(11(9)7-10)8-17-18-14(15)16/h3-8H,1-2H3,(H4,15,16,18). The average molecular weight is 272 g/mol. The number of guanidine groups is 1. The van der Waals surface area contributed by atoms with Crippen molar-refractivity contribution in [3.63, 3.8) is 0 Å². The zero-order chi connectivity index (χ0) is 14.5. The molecule has 0 atom stereocenters. The van der Waals surface area contributed by atoms with Crippen molar-refractivity contribution in [2.45, 2.75) is 0 Å². The minimum Gasteiger partial charge on any atom is -0.497 e. The van der Waals surface area contributed by atoms with Crippen LogP contribution in [0.3, 0.4) is 0 Å². The number of nitrogens with zero attached hydrogens (tertiary/aromatic N) is 2. The Bertz CT molecular complexity index is 671. The Hall–Kier alpha value is -2.76. The largest absolute Gasteiger partial charge is 0.497 e. The van der Waals surface area contributed by atoms with E-state index in [1.54, 1.807) is 20.4 Å². The van der Waals surface area contributed by atoms with E-state index in [1.807, 2.05) is 30.3 Å². The third-order valence-electron chi connectivity index (χ3n) is 2.81. The molecule has 0 saturated carbocycles. The Morgan fingerprint density at radius 3 is 2.50 bits per heavy atom. The Balaban J connectivity index is 2.63. The number of fused-ring (bicyclic) bond motifs is 1. The number of benzene rings is 2. The maximum atomic E-state index is 5.34. The lowest BCUT2D eigenvalue weighted by Gasteiger charge is -2.09. The van der Waals surface area contributed by atoms with Gasteiger partial charge in [-0.2, -0.15) is 5.10 Å². The van der Waals surface area contributed by atoms with Gasteiger partial charge in [-0.05, 0) is 29.0 Å².